The molecule has 0 spiro atoms. The van der Waals surface area contributed by atoms with Gasteiger partial charge in [-0.2, -0.15) is 0 Å². The largest absolute Gasteiger partial charge is 0.496 e. The van der Waals surface area contributed by atoms with E-state index in [-0.39, 0.29) is 12.0 Å². The van der Waals surface area contributed by atoms with Crippen LogP contribution in [0.25, 0.3) is 0 Å². The zero-order valence-corrected chi connectivity index (χ0v) is 10.5. The fourth-order valence-corrected chi connectivity index (χ4v) is 1.46. The second kappa shape index (κ2) is 6.91. The maximum Gasteiger partial charge on any atom is 0.322 e. The minimum atomic E-state index is -0.320. The van der Waals surface area contributed by atoms with Crippen LogP contribution in [0.5, 0.6) is 5.75 Å². The molecule has 1 aromatic rings. The van der Waals surface area contributed by atoms with E-state index in [0.717, 1.165) is 11.3 Å². The first-order chi connectivity index (χ1) is 8.19. The molecular formula is C13H19NO3. The summed E-state index contributed by atoms with van der Waals surface area (Å²) in [5.41, 5.74) is 1.02. The molecule has 0 amide bonds. The lowest BCUT2D eigenvalue weighted by Gasteiger charge is -2.14. The van der Waals surface area contributed by atoms with Gasteiger partial charge in [-0.1, -0.05) is 18.2 Å². The summed E-state index contributed by atoms with van der Waals surface area (Å²) in [5, 5.41) is 3.10. The van der Waals surface area contributed by atoms with Crippen LogP contribution in [0.3, 0.4) is 0 Å². The molecule has 4 heteroatoms. The van der Waals surface area contributed by atoms with Gasteiger partial charge in [0.2, 0.25) is 0 Å². The predicted octanol–water partition coefficient (Wildman–Crippen LogP) is 1.74. The third kappa shape index (κ3) is 4.07. The first-order valence-corrected chi connectivity index (χ1v) is 5.71. The molecule has 0 heterocycles. The Morgan fingerprint density at radius 3 is 2.76 bits per heavy atom. The number of para-hydroxylation sites is 1. The van der Waals surface area contributed by atoms with Crippen molar-refractivity contribution >= 4 is 5.97 Å². The molecule has 0 aromatic heterocycles. The summed E-state index contributed by atoms with van der Waals surface area (Å²) in [6.07, 6.45) is 0. The molecule has 1 atom stereocenters. The van der Waals surface area contributed by atoms with Crippen molar-refractivity contribution in [2.24, 2.45) is 0 Å². The third-order valence-electron chi connectivity index (χ3n) is 2.43. The van der Waals surface area contributed by atoms with Crippen molar-refractivity contribution in [1.82, 2.24) is 5.32 Å². The molecule has 17 heavy (non-hydrogen) atoms. The van der Waals surface area contributed by atoms with Crippen molar-refractivity contribution in [2.75, 3.05) is 13.7 Å². The summed E-state index contributed by atoms with van der Waals surface area (Å²) in [7, 11) is 1.63. The molecule has 0 aliphatic carbocycles. The Bertz CT molecular complexity index is 365. The van der Waals surface area contributed by atoms with Gasteiger partial charge in [-0.05, 0) is 19.9 Å². The Morgan fingerprint density at radius 2 is 2.12 bits per heavy atom. The maximum absolute atomic E-state index is 11.4. The number of ether oxygens (including phenoxy) is 2. The summed E-state index contributed by atoms with van der Waals surface area (Å²) in [5.74, 6) is 0.582. The molecule has 1 unspecified atom stereocenters. The summed E-state index contributed by atoms with van der Waals surface area (Å²) >= 11 is 0. The van der Waals surface area contributed by atoms with E-state index in [9.17, 15) is 4.79 Å². The van der Waals surface area contributed by atoms with Gasteiger partial charge in [0.15, 0.2) is 0 Å². The van der Waals surface area contributed by atoms with Crippen LogP contribution >= 0.6 is 0 Å². The first kappa shape index (κ1) is 13.5. The van der Waals surface area contributed by atoms with E-state index in [1.54, 1.807) is 21.0 Å². The second-order valence-electron chi connectivity index (χ2n) is 3.67. The molecule has 0 aliphatic rings. The van der Waals surface area contributed by atoms with E-state index >= 15 is 0 Å². The van der Waals surface area contributed by atoms with Crippen molar-refractivity contribution < 1.29 is 14.3 Å². The van der Waals surface area contributed by atoms with Gasteiger partial charge in [0.25, 0.3) is 0 Å². The maximum atomic E-state index is 11.4. The quantitative estimate of drug-likeness (QED) is 0.765. The molecule has 1 aromatic carbocycles. The van der Waals surface area contributed by atoms with Gasteiger partial charge >= 0.3 is 5.97 Å². The standard InChI is InChI=1S/C13H19NO3/c1-4-17-13(15)10(2)14-9-11-7-5-6-8-12(11)16-3/h5-8,10,14H,4,9H2,1-3H3. The van der Waals surface area contributed by atoms with Crippen LogP contribution in [0.1, 0.15) is 19.4 Å². The molecule has 0 bridgehead atoms. The number of esters is 1. The Labute approximate surface area is 102 Å². The van der Waals surface area contributed by atoms with Crippen molar-refractivity contribution in [3.63, 3.8) is 0 Å². The van der Waals surface area contributed by atoms with Gasteiger partial charge in [-0.25, -0.2) is 0 Å². The molecule has 1 rings (SSSR count). The van der Waals surface area contributed by atoms with Crippen molar-refractivity contribution in [3.05, 3.63) is 29.8 Å². The lowest BCUT2D eigenvalue weighted by Crippen LogP contribution is -2.34. The van der Waals surface area contributed by atoms with Crippen LogP contribution < -0.4 is 10.1 Å². The lowest BCUT2D eigenvalue weighted by atomic mass is 10.2. The van der Waals surface area contributed by atoms with Crippen LogP contribution in [0.4, 0.5) is 0 Å². The summed E-state index contributed by atoms with van der Waals surface area (Å²) in [4.78, 5) is 11.4. The van der Waals surface area contributed by atoms with Gasteiger partial charge in [0.1, 0.15) is 11.8 Å². The van der Waals surface area contributed by atoms with E-state index in [2.05, 4.69) is 5.32 Å². The highest BCUT2D eigenvalue weighted by Gasteiger charge is 2.13. The average Bonchev–Trinajstić information content (AvgIpc) is 2.36. The zero-order valence-electron chi connectivity index (χ0n) is 10.5. The van der Waals surface area contributed by atoms with E-state index in [4.69, 9.17) is 9.47 Å². The highest BCUT2D eigenvalue weighted by molar-refractivity contribution is 5.75. The number of carbonyl (C=O) groups excluding carboxylic acids is 1. The number of hydrogen-bond acceptors (Lipinski definition) is 4. The SMILES string of the molecule is CCOC(=O)C(C)NCc1ccccc1OC. The Morgan fingerprint density at radius 1 is 1.41 bits per heavy atom. The fraction of sp³-hybridized carbons (Fsp3) is 0.462. The Hall–Kier alpha value is -1.55. The number of rotatable bonds is 6. The zero-order chi connectivity index (χ0) is 12.7. The number of benzene rings is 1. The van der Waals surface area contributed by atoms with Crippen LogP contribution in [0, 0.1) is 0 Å². The molecule has 1 N–H and O–H groups in total. The van der Waals surface area contributed by atoms with Crippen LogP contribution in [-0.4, -0.2) is 25.7 Å². The molecule has 94 valence electrons. The molecule has 0 fully saturated rings. The van der Waals surface area contributed by atoms with E-state index in [1.807, 2.05) is 24.3 Å². The summed E-state index contributed by atoms with van der Waals surface area (Å²) in [6, 6.07) is 7.39. The van der Waals surface area contributed by atoms with E-state index in [1.165, 1.54) is 0 Å². The lowest BCUT2D eigenvalue weighted by molar-refractivity contribution is -0.145. The average molecular weight is 237 g/mol. The van der Waals surface area contributed by atoms with Crippen LogP contribution in [0.15, 0.2) is 24.3 Å². The molecule has 0 saturated carbocycles. The van der Waals surface area contributed by atoms with Gasteiger partial charge in [0.05, 0.1) is 13.7 Å². The van der Waals surface area contributed by atoms with Crippen LogP contribution in [-0.2, 0) is 16.1 Å². The molecule has 0 radical (unpaired) electrons. The summed E-state index contributed by atoms with van der Waals surface area (Å²) < 4.78 is 10.1. The van der Waals surface area contributed by atoms with Gasteiger partial charge in [-0.3, -0.25) is 4.79 Å². The monoisotopic (exact) mass is 237 g/mol. The van der Waals surface area contributed by atoms with Crippen molar-refractivity contribution in [2.45, 2.75) is 26.4 Å². The van der Waals surface area contributed by atoms with Gasteiger partial charge in [0, 0.05) is 12.1 Å². The smallest absolute Gasteiger partial charge is 0.322 e. The topological polar surface area (TPSA) is 47.6 Å². The fourth-order valence-electron chi connectivity index (χ4n) is 1.46. The molecule has 4 nitrogen and oxygen atoms in total. The van der Waals surface area contributed by atoms with E-state index in [0.29, 0.717) is 13.2 Å². The number of carbonyl (C=O) groups is 1. The van der Waals surface area contributed by atoms with Gasteiger partial charge < -0.3 is 14.8 Å². The predicted molar refractivity (Wildman–Crippen MR) is 65.9 cm³/mol. The van der Waals surface area contributed by atoms with Crippen molar-refractivity contribution in [1.29, 1.82) is 0 Å². The van der Waals surface area contributed by atoms with Crippen molar-refractivity contribution in [3.8, 4) is 5.75 Å². The second-order valence-corrected chi connectivity index (χ2v) is 3.67. The highest BCUT2D eigenvalue weighted by atomic mass is 16.5. The minimum absolute atomic E-state index is 0.234. The normalized spacial score (nSPS) is 11.9. The molecular weight excluding hydrogens is 218 g/mol. The number of methoxy groups -OCH3 is 1. The number of hydrogen-bond donors (Lipinski definition) is 1. The number of nitrogens with one attached hydrogen (secondary N) is 1. The minimum Gasteiger partial charge on any atom is -0.496 e. The van der Waals surface area contributed by atoms with E-state index < -0.39 is 0 Å². The Balaban J connectivity index is 2.52. The van der Waals surface area contributed by atoms with Gasteiger partial charge in [-0.15, -0.1) is 0 Å². The highest BCUT2D eigenvalue weighted by Crippen LogP contribution is 2.16. The van der Waals surface area contributed by atoms with Crippen LogP contribution in [0.2, 0.25) is 0 Å². The molecule has 0 saturated heterocycles. The Kier molecular flexibility index (Phi) is 5.49. The third-order valence-corrected chi connectivity index (χ3v) is 2.43. The first-order valence-electron chi connectivity index (χ1n) is 5.71. The summed E-state index contributed by atoms with van der Waals surface area (Å²) in [6.45, 7) is 4.56. The molecule has 0 aliphatic heterocycles.